The first-order valence-electron chi connectivity index (χ1n) is 5.49. The number of aliphatic imine (C=N–C) groups is 1. The van der Waals surface area contributed by atoms with Crippen molar-refractivity contribution in [3.63, 3.8) is 0 Å². The number of hydrogen-bond donors (Lipinski definition) is 0. The third-order valence-electron chi connectivity index (χ3n) is 2.99. The van der Waals surface area contributed by atoms with E-state index in [1.165, 1.54) is 6.08 Å². The van der Waals surface area contributed by atoms with Crippen LogP contribution in [-0.2, 0) is 0 Å². The van der Waals surface area contributed by atoms with Crippen LogP contribution in [0.25, 0.3) is 0 Å². The summed E-state index contributed by atoms with van der Waals surface area (Å²) in [6.07, 6.45) is -0.624. The van der Waals surface area contributed by atoms with E-state index in [1.807, 2.05) is 20.8 Å². The monoisotopic (exact) mass is 244 g/mol. The predicted molar refractivity (Wildman–Crippen MR) is 60.7 cm³/mol. The topological polar surface area (TPSA) is 15.6 Å². The van der Waals surface area contributed by atoms with Crippen LogP contribution >= 0.6 is 0 Å². The van der Waals surface area contributed by atoms with Crippen LogP contribution in [-0.4, -0.2) is 29.5 Å². The molecular weight excluding hydrogens is 229 g/mol. The number of nitrogens with zero attached hydrogens (tertiary/aromatic N) is 2. The van der Waals surface area contributed by atoms with Crippen molar-refractivity contribution >= 4 is 5.84 Å². The molecule has 0 aromatic heterocycles. The van der Waals surface area contributed by atoms with Crippen molar-refractivity contribution in [2.24, 2.45) is 10.4 Å². The van der Waals surface area contributed by atoms with Crippen LogP contribution in [0.3, 0.4) is 0 Å². The molecule has 0 spiro atoms. The van der Waals surface area contributed by atoms with E-state index in [9.17, 15) is 13.2 Å². The number of fused-ring (bicyclic) bond motifs is 1. The lowest BCUT2D eigenvalue weighted by Crippen LogP contribution is -2.32. The number of hydrogen-bond acceptors (Lipinski definition) is 2. The predicted octanol–water partition coefficient (Wildman–Crippen LogP) is 3.13. The molecule has 0 aromatic carbocycles. The van der Waals surface area contributed by atoms with Gasteiger partial charge in [0.25, 0.3) is 0 Å². The van der Waals surface area contributed by atoms with Crippen molar-refractivity contribution < 1.29 is 13.2 Å². The van der Waals surface area contributed by atoms with Crippen molar-refractivity contribution in [1.82, 2.24) is 4.90 Å². The SMILES string of the molecule is CC(C)(C)[C@H]1CN2C=C(C(F)(F)F)C=CC2=N1. The highest BCUT2D eigenvalue weighted by atomic mass is 19.4. The fourth-order valence-corrected chi connectivity index (χ4v) is 1.82. The van der Waals surface area contributed by atoms with Crippen LogP contribution in [0, 0.1) is 5.41 Å². The number of alkyl halides is 3. The molecule has 0 aliphatic carbocycles. The quantitative estimate of drug-likeness (QED) is 0.639. The van der Waals surface area contributed by atoms with E-state index in [2.05, 4.69) is 4.99 Å². The van der Waals surface area contributed by atoms with Gasteiger partial charge in [0.05, 0.1) is 11.6 Å². The molecule has 0 aromatic rings. The molecule has 2 heterocycles. The molecule has 1 atom stereocenters. The maximum Gasteiger partial charge on any atom is 0.417 e. The Bertz CT molecular complexity index is 410. The second-order valence-corrected chi connectivity index (χ2v) is 5.44. The van der Waals surface area contributed by atoms with E-state index in [4.69, 9.17) is 0 Å². The summed E-state index contributed by atoms with van der Waals surface area (Å²) < 4.78 is 37.6. The van der Waals surface area contributed by atoms with Crippen molar-refractivity contribution in [3.05, 3.63) is 23.9 Å². The van der Waals surface area contributed by atoms with Gasteiger partial charge in [0.15, 0.2) is 0 Å². The number of allylic oxidation sites excluding steroid dienone is 2. The highest BCUT2D eigenvalue weighted by Gasteiger charge is 2.38. The van der Waals surface area contributed by atoms with Crippen molar-refractivity contribution in [2.45, 2.75) is 33.0 Å². The second kappa shape index (κ2) is 3.62. The Morgan fingerprint density at radius 1 is 1.24 bits per heavy atom. The largest absolute Gasteiger partial charge is 0.417 e. The normalized spacial score (nSPS) is 24.6. The van der Waals surface area contributed by atoms with Gasteiger partial charge in [-0.15, -0.1) is 0 Å². The molecule has 0 radical (unpaired) electrons. The Hall–Kier alpha value is -1.26. The molecule has 0 fully saturated rings. The van der Waals surface area contributed by atoms with Crippen molar-refractivity contribution in [3.8, 4) is 0 Å². The van der Waals surface area contributed by atoms with Crippen LogP contribution in [0.4, 0.5) is 13.2 Å². The molecule has 0 amide bonds. The molecule has 2 rings (SSSR count). The van der Waals surface area contributed by atoms with Crippen molar-refractivity contribution in [1.29, 1.82) is 0 Å². The minimum absolute atomic E-state index is 0.0333. The highest BCUT2D eigenvalue weighted by molar-refractivity contribution is 5.96. The van der Waals surface area contributed by atoms with Gasteiger partial charge in [0, 0.05) is 12.7 Å². The third-order valence-corrected chi connectivity index (χ3v) is 2.99. The Labute approximate surface area is 98.5 Å². The summed E-state index contributed by atoms with van der Waals surface area (Å²) >= 11 is 0. The van der Waals surface area contributed by atoms with Gasteiger partial charge in [-0.25, -0.2) is 0 Å². The zero-order valence-corrected chi connectivity index (χ0v) is 10.0. The Morgan fingerprint density at radius 3 is 2.41 bits per heavy atom. The first-order valence-corrected chi connectivity index (χ1v) is 5.49. The van der Waals surface area contributed by atoms with E-state index in [0.29, 0.717) is 12.4 Å². The molecule has 94 valence electrons. The molecule has 0 unspecified atom stereocenters. The lowest BCUT2D eigenvalue weighted by molar-refractivity contribution is -0.0890. The molecule has 2 nitrogen and oxygen atoms in total. The summed E-state index contributed by atoms with van der Waals surface area (Å²) in [6.45, 7) is 6.64. The summed E-state index contributed by atoms with van der Waals surface area (Å²) in [5, 5.41) is 0. The standard InChI is InChI=1S/C12H15F3N2/c1-11(2,3)9-7-17-6-8(12(13,14)15)4-5-10(17)16-9/h4-6,9H,7H2,1-3H3/t9-/m1/s1. The zero-order chi connectivity index (χ0) is 12.8. The second-order valence-electron chi connectivity index (χ2n) is 5.44. The average molecular weight is 244 g/mol. The van der Waals surface area contributed by atoms with E-state index >= 15 is 0 Å². The van der Waals surface area contributed by atoms with Crippen LogP contribution in [0.2, 0.25) is 0 Å². The van der Waals surface area contributed by atoms with Gasteiger partial charge in [-0.2, -0.15) is 13.2 Å². The summed E-state index contributed by atoms with van der Waals surface area (Å²) in [7, 11) is 0. The van der Waals surface area contributed by atoms with Crippen LogP contribution in [0.15, 0.2) is 28.9 Å². The zero-order valence-electron chi connectivity index (χ0n) is 10.0. The van der Waals surface area contributed by atoms with Gasteiger partial charge in [-0.05, 0) is 17.6 Å². The highest BCUT2D eigenvalue weighted by Crippen LogP contribution is 2.33. The molecule has 0 saturated carbocycles. The van der Waals surface area contributed by atoms with Gasteiger partial charge >= 0.3 is 6.18 Å². The van der Waals surface area contributed by atoms with E-state index in [0.717, 1.165) is 12.3 Å². The van der Waals surface area contributed by atoms with Crippen LogP contribution < -0.4 is 0 Å². The van der Waals surface area contributed by atoms with Crippen molar-refractivity contribution in [2.75, 3.05) is 6.54 Å². The van der Waals surface area contributed by atoms with E-state index in [-0.39, 0.29) is 11.5 Å². The molecule has 17 heavy (non-hydrogen) atoms. The molecule has 5 heteroatoms. The average Bonchev–Trinajstić information content (AvgIpc) is 2.57. The summed E-state index contributed by atoms with van der Waals surface area (Å²) in [5.74, 6) is 0.623. The molecule has 0 bridgehead atoms. The smallest absolute Gasteiger partial charge is 0.331 e. The molecule has 0 saturated heterocycles. The fraction of sp³-hybridized carbons (Fsp3) is 0.583. The summed E-state index contributed by atoms with van der Waals surface area (Å²) in [5.41, 5.74) is -0.657. The van der Waals surface area contributed by atoms with Gasteiger partial charge in [-0.1, -0.05) is 20.8 Å². The Balaban J connectivity index is 2.22. The fourth-order valence-electron chi connectivity index (χ4n) is 1.82. The maximum absolute atomic E-state index is 12.5. The Morgan fingerprint density at radius 2 is 1.88 bits per heavy atom. The summed E-state index contributed by atoms with van der Waals surface area (Å²) in [4.78, 5) is 6.02. The lowest BCUT2D eigenvalue weighted by Gasteiger charge is -2.25. The Kier molecular flexibility index (Phi) is 2.60. The van der Waals surface area contributed by atoms with E-state index < -0.39 is 11.7 Å². The van der Waals surface area contributed by atoms with Crippen LogP contribution in [0.5, 0.6) is 0 Å². The molecule has 0 N–H and O–H groups in total. The number of rotatable bonds is 0. The van der Waals surface area contributed by atoms with Gasteiger partial charge in [-0.3, -0.25) is 4.99 Å². The van der Waals surface area contributed by atoms with E-state index in [1.54, 1.807) is 4.90 Å². The first kappa shape index (κ1) is 12.2. The summed E-state index contributed by atoms with van der Waals surface area (Å²) in [6, 6.07) is 0.0333. The minimum atomic E-state index is -4.29. The third kappa shape index (κ3) is 2.37. The minimum Gasteiger partial charge on any atom is -0.331 e. The van der Waals surface area contributed by atoms with Crippen LogP contribution in [0.1, 0.15) is 20.8 Å². The molecule has 2 aliphatic rings. The molecule has 2 aliphatic heterocycles. The lowest BCUT2D eigenvalue weighted by atomic mass is 9.87. The molecular formula is C12H15F3N2. The van der Waals surface area contributed by atoms with Gasteiger partial charge in [0.1, 0.15) is 5.84 Å². The first-order chi connectivity index (χ1) is 7.68. The number of halogens is 3. The number of amidine groups is 1. The maximum atomic E-state index is 12.5. The van der Waals surface area contributed by atoms with Gasteiger partial charge < -0.3 is 4.90 Å². The van der Waals surface area contributed by atoms with Gasteiger partial charge in [0.2, 0.25) is 0 Å².